The molecule has 4 rings (SSSR count). The molecule has 3 heterocycles. The third-order valence-electron chi connectivity index (χ3n) is 13.6. The first-order chi connectivity index (χ1) is 33.6. The number of unbranched alkanes of at least 4 members (excludes halogenated alkanes) is 1. The summed E-state index contributed by atoms with van der Waals surface area (Å²) in [5.74, 6) is -3.99. The summed E-state index contributed by atoms with van der Waals surface area (Å²) in [6.07, 6.45) is -9.19. The molecule has 0 aromatic heterocycles. The van der Waals surface area contributed by atoms with Crippen LogP contribution >= 0.6 is 0 Å². The number of esters is 5. The van der Waals surface area contributed by atoms with Gasteiger partial charge in [-0.25, -0.2) is 0 Å². The molecule has 0 bridgehead atoms. The molecule has 19 nitrogen and oxygen atoms in total. The van der Waals surface area contributed by atoms with Crippen molar-refractivity contribution >= 4 is 36.1 Å². The Morgan fingerprint density at radius 1 is 0.859 bits per heavy atom. The molecular weight excluding hydrogens is 925 g/mol. The van der Waals surface area contributed by atoms with E-state index in [1.165, 1.54) is 26.5 Å². The Morgan fingerprint density at radius 2 is 1.54 bits per heavy atom. The Hall–Kier alpha value is -4.08. The molecule has 3 fully saturated rings. The number of aliphatic hydroxyl groups excluding tert-OH is 1. The number of cyclic esters (lactones) is 1. The largest absolute Gasteiger partial charge is 0.461 e. The van der Waals surface area contributed by atoms with Gasteiger partial charge in [0, 0.05) is 59.7 Å². The highest BCUT2D eigenvalue weighted by molar-refractivity contribution is 5.73. The quantitative estimate of drug-likeness (QED) is 0.0856. The maximum absolute atomic E-state index is 13.9. The van der Waals surface area contributed by atoms with Crippen molar-refractivity contribution in [2.45, 2.75) is 205 Å². The van der Waals surface area contributed by atoms with Gasteiger partial charge in [-0.3, -0.25) is 28.9 Å². The molecule has 0 amide bonds. The number of aliphatic hydroxyl groups is 1. The Balaban J connectivity index is 1.71. The van der Waals surface area contributed by atoms with Gasteiger partial charge in [-0.1, -0.05) is 51.1 Å². The van der Waals surface area contributed by atoms with E-state index in [0.717, 1.165) is 25.5 Å². The number of hydrogen-bond donors (Lipinski definition) is 1. The molecule has 71 heavy (non-hydrogen) atoms. The number of methoxy groups -OCH3 is 1. The molecule has 0 radical (unpaired) electrons. The van der Waals surface area contributed by atoms with E-state index in [1.54, 1.807) is 60.5 Å². The molecule has 19 heteroatoms. The summed E-state index contributed by atoms with van der Waals surface area (Å²) in [5.41, 5.74) is -0.112. The van der Waals surface area contributed by atoms with Crippen molar-refractivity contribution in [3.05, 3.63) is 35.9 Å². The lowest BCUT2D eigenvalue weighted by molar-refractivity contribution is -0.344. The number of aryl methyl sites for hydroxylation is 1. The monoisotopic (exact) mass is 1010 g/mol. The van der Waals surface area contributed by atoms with Crippen LogP contribution in [0.2, 0.25) is 0 Å². The number of ether oxygens (including phenoxy) is 10. The van der Waals surface area contributed by atoms with Crippen molar-refractivity contribution < 1.29 is 81.2 Å². The fraction of sp³-hybridized carbons (Fsp3) is 0.769. The molecule has 402 valence electrons. The summed E-state index contributed by atoms with van der Waals surface area (Å²) in [6, 6.07) is 9.34. The van der Waals surface area contributed by atoms with Crippen molar-refractivity contribution in [1.82, 2.24) is 9.80 Å². The lowest BCUT2D eigenvalue weighted by Gasteiger charge is -2.50. The van der Waals surface area contributed by atoms with Crippen LogP contribution in [-0.2, 0) is 82.6 Å². The number of nitrogens with zero attached hydrogens (tertiary/aromatic N) is 2. The van der Waals surface area contributed by atoms with Gasteiger partial charge in [-0.15, -0.1) is 0 Å². The van der Waals surface area contributed by atoms with Gasteiger partial charge in [0.05, 0.1) is 30.8 Å². The van der Waals surface area contributed by atoms with Crippen molar-refractivity contribution in [3.8, 4) is 0 Å². The van der Waals surface area contributed by atoms with Crippen molar-refractivity contribution in [2.75, 3.05) is 40.8 Å². The highest BCUT2D eigenvalue weighted by Gasteiger charge is 2.54. The number of benzene rings is 1. The maximum Gasteiger partial charge on any atom is 0.309 e. The van der Waals surface area contributed by atoms with E-state index >= 15 is 0 Å². The molecule has 3 saturated heterocycles. The van der Waals surface area contributed by atoms with Gasteiger partial charge in [0.2, 0.25) is 0 Å². The molecule has 1 aromatic carbocycles. The van der Waals surface area contributed by atoms with Crippen LogP contribution in [0, 0.1) is 11.8 Å². The van der Waals surface area contributed by atoms with Crippen LogP contribution < -0.4 is 0 Å². The summed E-state index contributed by atoms with van der Waals surface area (Å²) in [5, 5.41) is 12.4. The van der Waals surface area contributed by atoms with Gasteiger partial charge in [-0.2, -0.15) is 0 Å². The molecule has 0 spiro atoms. The number of likely N-dealkylation sites (N-methyl/N-ethyl adjacent to an activating group) is 1. The zero-order chi connectivity index (χ0) is 52.6. The lowest BCUT2D eigenvalue weighted by atomic mass is 9.82. The minimum absolute atomic E-state index is 0.0239. The predicted molar refractivity (Wildman–Crippen MR) is 257 cm³/mol. The van der Waals surface area contributed by atoms with E-state index in [-0.39, 0.29) is 38.0 Å². The first-order valence-electron chi connectivity index (χ1n) is 25.3. The predicted octanol–water partition coefficient (Wildman–Crippen LogP) is 4.73. The molecule has 1 N–H and O–H groups in total. The topological polar surface area (TPSA) is 221 Å². The zero-order valence-electron chi connectivity index (χ0n) is 44.0. The Bertz CT molecular complexity index is 1850. The fourth-order valence-corrected chi connectivity index (χ4v) is 10.2. The third kappa shape index (κ3) is 17.5. The Kier molecular flexibility index (Phi) is 23.8. The molecule has 1 aromatic rings. The van der Waals surface area contributed by atoms with Crippen LogP contribution in [0.3, 0.4) is 0 Å². The van der Waals surface area contributed by atoms with Gasteiger partial charge in [0.15, 0.2) is 24.3 Å². The molecular formula is C52H82N2O17. The van der Waals surface area contributed by atoms with E-state index in [4.69, 9.17) is 47.4 Å². The van der Waals surface area contributed by atoms with Gasteiger partial charge < -0.3 is 62.2 Å². The van der Waals surface area contributed by atoms with Crippen LogP contribution in [-0.4, -0.2) is 177 Å². The summed E-state index contributed by atoms with van der Waals surface area (Å²) < 4.78 is 61.8. The van der Waals surface area contributed by atoms with E-state index in [2.05, 4.69) is 17.0 Å². The smallest absolute Gasteiger partial charge is 0.309 e. The van der Waals surface area contributed by atoms with Crippen LogP contribution in [0.15, 0.2) is 30.3 Å². The number of carbonyl (C=O) groups is 6. The summed E-state index contributed by atoms with van der Waals surface area (Å²) in [7, 11) is 4.87. The minimum atomic E-state index is -1.45. The minimum Gasteiger partial charge on any atom is -0.461 e. The standard InChI is InChI=1S/C52H82N2O17/c1-13-41(58)67-39-27-43(60)63-32(4)29-54(24-19-18-22-37-20-16-15-17-21-37)30-40(66-35(7)56)31(3)26-38(23-25-55)48(49(39)62-12)70-51-46(61)45(53(10)11)47(33(5)65-51)69-44-28-52(9,71-36(8)57)50(34(6)64-44)68-42(59)14-2/h15-17,20-21,25,31-34,38-40,44-51,61H,13-14,18-19,22-24,26-30H2,1-12H3/t31-,32-,33?,34?,38+,39-,40+,44+,45?,46?,47-,48+,49+,50+,51+,52?/m1/s1. The number of aldehydes is 1. The second-order valence-corrected chi connectivity index (χ2v) is 19.8. The first kappa shape index (κ1) is 59.5. The fourth-order valence-electron chi connectivity index (χ4n) is 10.2. The van der Waals surface area contributed by atoms with E-state index < -0.39 is 127 Å². The SMILES string of the molecule is CCC(=O)O[C@@H]1CC(=O)O[C@H](C)CN(CCCCc2ccccc2)C[C@H](OC(C)=O)[C@H](C)C[C@H](CC=O)[C@H](O[C@@H]2OC(C)[C@@H](O[C@H]3CC(C)(OC(C)=O)[C@@H](OC(=O)CC)C(C)O3)C(N(C)C)C2O)[C@H]1OC. The zero-order valence-corrected chi connectivity index (χ0v) is 44.0. The van der Waals surface area contributed by atoms with E-state index in [0.29, 0.717) is 19.6 Å². The van der Waals surface area contributed by atoms with Crippen LogP contribution in [0.1, 0.15) is 119 Å². The Labute approximate surface area is 420 Å². The van der Waals surface area contributed by atoms with Gasteiger partial charge in [0.25, 0.3) is 0 Å². The number of rotatable bonds is 19. The number of carbonyl (C=O) groups excluding carboxylic acids is 6. The Morgan fingerprint density at radius 3 is 2.14 bits per heavy atom. The number of hydrogen-bond acceptors (Lipinski definition) is 19. The molecule has 0 saturated carbocycles. The normalized spacial score (nSPS) is 34.6. The van der Waals surface area contributed by atoms with Gasteiger partial charge in [0.1, 0.15) is 42.9 Å². The second-order valence-electron chi connectivity index (χ2n) is 19.8. The second kappa shape index (κ2) is 28.4. The molecule has 3 aliphatic rings. The van der Waals surface area contributed by atoms with E-state index in [9.17, 15) is 33.9 Å². The third-order valence-corrected chi connectivity index (χ3v) is 13.6. The average molecular weight is 1010 g/mol. The first-order valence-corrected chi connectivity index (χ1v) is 25.3. The molecule has 3 aliphatic heterocycles. The van der Waals surface area contributed by atoms with Crippen LogP contribution in [0.4, 0.5) is 0 Å². The van der Waals surface area contributed by atoms with Gasteiger partial charge >= 0.3 is 29.8 Å². The molecule has 0 aliphatic carbocycles. The highest BCUT2D eigenvalue weighted by atomic mass is 16.7. The lowest BCUT2D eigenvalue weighted by Crippen LogP contribution is -2.66. The summed E-state index contributed by atoms with van der Waals surface area (Å²) >= 11 is 0. The average Bonchev–Trinajstić information content (AvgIpc) is 3.29. The van der Waals surface area contributed by atoms with Crippen molar-refractivity contribution in [3.63, 3.8) is 0 Å². The van der Waals surface area contributed by atoms with Crippen molar-refractivity contribution in [1.29, 1.82) is 0 Å². The summed E-state index contributed by atoms with van der Waals surface area (Å²) in [4.78, 5) is 81.2. The van der Waals surface area contributed by atoms with E-state index in [1.807, 2.05) is 25.1 Å². The molecule has 16 atom stereocenters. The molecule has 5 unspecified atom stereocenters. The van der Waals surface area contributed by atoms with Crippen LogP contribution in [0.25, 0.3) is 0 Å². The highest BCUT2D eigenvalue weighted by Crippen LogP contribution is 2.39. The van der Waals surface area contributed by atoms with Gasteiger partial charge in [-0.05, 0) is 91.4 Å². The summed E-state index contributed by atoms with van der Waals surface area (Å²) in [6.45, 7) is 15.9. The van der Waals surface area contributed by atoms with Crippen molar-refractivity contribution in [2.24, 2.45) is 11.8 Å². The van der Waals surface area contributed by atoms with Crippen LogP contribution in [0.5, 0.6) is 0 Å². The maximum atomic E-state index is 13.9.